The van der Waals surface area contributed by atoms with Crippen LogP contribution >= 0.6 is 0 Å². The van der Waals surface area contributed by atoms with Crippen LogP contribution in [0.1, 0.15) is 36.5 Å². The lowest BCUT2D eigenvalue weighted by atomic mass is 10.1. The Morgan fingerprint density at radius 2 is 1.82 bits per heavy atom. The first kappa shape index (κ1) is 16.0. The van der Waals surface area contributed by atoms with E-state index in [1.165, 1.54) is 16.7 Å². The SMILES string of the molecule is CCCC(=O)Nc1ccc(Nc2c(C)cc(C)cc2C)nc1. The van der Waals surface area contributed by atoms with Gasteiger partial charge in [-0.2, -0.15) is 0 Å². The van der Waals surface area contributed by atoms with Gasteiger partial charge in [0.1, 0.15) is 5.82 Å². The van der Waals surface area contributed by atoms with E-state index in [4.69, 9.17) is 0 Å². The molecule has 1 aromatic heterocycles. The summed E-state index contributed by atoms with van der Waals surface area (Å²) in [4.78, 5) is 15.9. The maximum absolute atomic E-state index is 11.6. The van der Waals surface area contributed by atoms with Crippen molar-refractivity contribution in [3.05, 3.63) is 47.2 Å². The minimum absolute atomic E-state index is 0.0234. The van der Waals surface area contributed by atoms with Crippen molar-refractivity contribution < 1.29 is 4.79 Å². The molecule has 1 amide bonds. The number of carbonyl (C=O) groups is 1. The number of benzene rings is 1. The molecular weight excluding hydrogens is 274 g/mol. The molecule has 1 heterocycles. The Bertz CT molecular complexity index is 640. The van der Waals surface area contributed by atoms with Gasteiger partial charge in [-0.05, 0) is 50.5 Å². The van der Waals surface area contributed by atoms with Crippen molar-refractivity contribution in [2.75, 3.05) is 10.6 Å². The summed E-state index contributed by atoms with van der Waals surface area (Å²) in [5, 5.41) is 6.18. The van der Waals surface area contributed by atoms with Gasteiger partial charge in [0.25, 0.3) is 0 Å². The molecule has 2 rings (SSSR count). The third-order valence-corrected chi connectivity index (χ3v) is 3.45. The number of pyridine rings is 1. The van der Waals surface area contributed by atoms with Crippen LogP contribution in [0.3, 0.4) is 0 Å². The van der Waals surface area contributed by atoms with Crippen LogP contribution in [0, 0.1) is 20.8 Å². The molecule has 0 spiro atoms. The molecule has 0 atom stereocenters. The summed E-state index contributed by atoms with van der Waals surface area (Å²) in [6, 6.07) is 8.03. The van der Waals surface area contributed by atoms with Crippen LogP contribution in [-0.2, 0) is 4.79 Å². The molecule has 22 heavy (non-hydrogen) atoms. The van der Waals surface area contributed by atoms with Crippen molar-refractivity contribution in [1.82, 2.24) is 4.98 Å². The topological polar surface area (TPSA) is 54.0 Å². The highest BCUT2D eigenvalue weighted by Gasteiger charge is 2.06. The van der Waals surface area contributed by atoms with Gasteiger partial charge in [-0.3, -0.25) is 4.79 Å². The van der Waals surface area contributed by atoms with Gasteiger partial charge >= 0.3 is 0 Å². The average Bonchev–Trinajstić information content (AvgIpc) is 2.45. The third kappa shape index (κ3) is 4.07. The van der Waals surface area contributed by atoms with Crippen LogP contribution in [-0.4, -0.2) is 10.9 Å². The summed E-state index contributed by atoms with van der Waals surface area (Å²) in [7, 11) is 0. The van der Waals surface area contributed by atoms with E-state index in [0.29, 0.717) is 6.42 Å². The maximum Gasteiger partial charge on any atom is 0.224 e. The number of carbonyl (C=O) groups excluding carboxylic acids is 1. The molecule has 4 heteroatoms. The standard InChI is InChI=1S/C18H23N3O/c1-5-6-17(22)20-15-7-8-16(19-11-15)21-18-13(3)9-12(2)10-14(18)4/h7-11H,5-6H2,1-4H3,(H,19,21)(H,20,22). The molecule has 0 aliphatic rings. The van der Waals surface area contributed by atoms with Gasteiger partial charge in [0, 0.05) is 12.1 Å². The molecule has 0 unspecified atom stereocenters. The van der Waals surface area contributed by atoms with Gasteiger partial charge in [0.15, 0.2) is 0 Å². The van der Waals surface area contributed by atoms with Crippen LogP contribution in [0.15, 0.2) is 30.5 Å². The molecule has 0 radical (unpaired) electrons. The van der Waals surface area contributed by atoms with Crippen LogP contribution in [0.4, 0.5) is 17.2 Å². The molecule has 0 fully saturated rings. The normalized spacial score (nSPS) is 10.4. The Kier molecular flexibility index (Phi) is 5.15. The number of nitrogens with one attached hydrogen (secondary N) is 2. The Morgan fingerprint density at radius 3 is 2.36 bits per heavy atom. The zero-order chi connectivity index (χ0) is 16.1. The Balaban J connectivity index is 2.10. The summed E-state index contributed by atoms with van der Waals surface area (Å²) in [5.41, 5.74) is 5.45. The second-order valence-electron chi connectivity index (χ2n) is 5.63. The van der Waals surface area contributed by atoms with E-state index < -0.39 is 0 Å². The summed E-state index contributed by atoms with van der Waals surface area (Å²) >= 11 is 0. The fourth-order valence-electron chi connectivity index (χ4n) is 2.50. The molecule has 0 bridgehead atoms. The smallest absolute Gasteiger partial charge is 0.224 e. The summed E-state index contributed by atoms with van der Waals surface area (Å²) in [5.74, 6) is 0.791. The number of hydrogen-bond acceptors (Lipinski definition) is 3. The Morgan fingerprint density at radius 1 is 1.14 bits per heavy atom. The summed E-state index contributed by atoms with van der Waals surface area (Å²) in [6.45, 7) is 8.25. The lowest BCUT2D eigenvalue weighted by molar-refractivity contribution is -0.116. The van der Waals surface area contributed by atoms with E-state index >= 15 is 0 Å². The first-order valence-corrected chi connectivity index (χ1v) is 7.60. The van der Waals surface area contributed by atoms with Crippen molar-refractivity contribution in [3.63, 3.8) is 0 Å². The Hall–Kier alpha value is -2.36. The van der Waals surface area contributed by atoms with Crippen molar-refractivity contribution >= 4 is 23.1 Å². The zero-order valence-electron chi connectivity index (χ0n) is 13.7. The molecule has 116 valence electrons. The fraction of sp³-hybridized carbons (Fsp3) is 0.333. The molecule has 0 saturated carbocycles. The number of aromatic nitrogens is 1. The van der Waals surface area contributed by atoms with Crippen molar-refractivity contribution in [3.8, 4) is 0 Å². The quantitative estimate of drug-likeness (QED) is 0.855. The highest BCUT2D eigenvalue weighted by atomic mass is 16.1. The van der Waals surface area contributed by atoms with Gasteiger partial charge in [0.2, 0.25) is 5.91 Å². The highest BCUT2D eigenvalue weighted by Crippen LogP contribution is 2.25. The predicted molar refractivity (Wildman–Crippen MR) is 91.7 cm³/mol. The maximum atomic E-state index is 11.6. The predicted octanol–water partition coefficient (Wildman–Crippen LogP) is 4.49. The fourth-order valence-corrected chi connectivity index (χ4v) is 2.50. The van der Waals surface area contributed by atoms with Crippen LogP contribution in [0.5, 0.6) is 0 Å². The number of nitrogens with zero attached hydrogens (tertiary/aromatic N) is 1. The third-order valence-electron chi connectivity index (χ3n) is 3.45. The Labute approximate surface area is 132 Å². The summed E-state index contributed by atoms with van der Waals surface area (Å²) in [6.07, 6.45) is 3.04. The minimum atomic E-state index is 0.0234. The second kappa shape index (κ2) is 7.07. The van der Waals surface area contributed by atoms with Gasteiger partial charge < -0.3 is 10.6 Å². The first-order chi connectivity index (χ1) is 10.5. The first-order valence-electron chi connectivity index (χ1n) is 7.60. The summed E-state index contributed by atoms with van der Waals surface area (Å²) < 4.78 is 0. The zero-order valence-corrected chi connectivity index (χ0v) is 13.7. The molecule has 2 aromatic rings. The van der Waals surface area contributed by atoms with Gasteiger partial charge in [0.05, 0.1) is 11.9 Å². The monoisotopic (exact) mass is 297 g/mol. The molecule has 1 aromatic carbocycles. The number of anilines is 3. The van der Waals surface area contributed by atoms with Gasteiger partial charge in [-0.25, -0.2) is 4.98 Å². The average molecular weight is 297 g/mol. The largest absolute Gasteiger partial charge is 0.340 e. The molecule has 0 aliphatic heterocycles. The lowest BCUT2D eigenvalue weighted by Gasteiger charge is -2.13. The van der Waals surface area contributed by atoms with E-state index in [0.717, 1.165) is 23.6 Å². The van der Waals surface area contributed by atoms with E-state index in [1.807, 2.05) is 19.1 Å². The molecular formula is C18H23N3O. The van der Waals surface area contributed by atoms with Gasteiger partial charge in [-0.15, -0.1) is 0 Å². The van der Waals surface area contributed by atoms with Crippen LogP contribution < -0.4 is 10.6 Å². The number of rotatable bonds is 5. The molecule has 0 saturated heterocycles. The van der Waals surface area contributed by atoms with E-state index in [9.17, 15) is 4.79 Å². The van der Waals surface area contributed by atoms with Crippen LogP contribution in [0.25, 0.3) is 0 Å². The lowest BCUT2D eigenvalue weighted by Crippen LogP contribution is -2.10. The van der Waals surface area contributed by atoms with E-state index in [1.54, 1.807) is 6.20 Å². The number of aryl methyl sites for hydroxylation is 3. The van der Waals surface area contributed by atoms with E-state index in [2.05, 4.69) is 48.5 Å². The molecule has 0 aliphatic carbocycles. The van der Waals surface area contributed by atoms with Gasteiger partial charge in [-0.1, -0.05) is 24.6 Å². The van der Waals surface area contributed by atoms with Crippen molar-refractivity contribution in [2.24, 2.45) is 0 Å². The number of hydrogen-bond donors (Lipinski definition) is 2. The molecule has 2 N–H and O–H groups in total. The minimum Gasteiger partial charge on any atom is -0.340 e. The second-order valence-corrected chi connectivity index (χ2v) is 5.63. The van der Waals surface area contributed by atoms with Crippen molar-refractivity contribution in [1.29, 1.82) is 0 Å². The highest BCUT2D eigenvalue weighted by molar-refractivity contribution is 5.90. The number of amides is 1. The molecule has 4 nitrogen and oxygen atoms in total. The van der Waals surface area contributed by atoms with E-state index in [-0.39, 0.29) is 5.91 Å². The van der Waals surface area contributed by atoms with Crippen molar-refractivity contribution in [2.45, 2.75) is 40.5 Å². The van der Waals surface area contributed by atoms with Crippen LogP contribution in [0.2, 0.25) is 0 Å².